The Balaban J connectivity index is 1.92. The molecular formula is C20H28N2O4. The van der Waals surface area contributed by atoms with Crippen LogP contribution in [0.2, 0.25) is 0 Å². The second-order valence-corrected chi connectivity index (χ2v) is 8.01. The normalized spacial score (nSPS) is 16.6. The van der Waals surface area contributed by atoms with Gasteiger partial charge in [0.15, 0.2) is 0 Å². The summed E-state index contributed by atoms with van der Waals surface area (Å²) in [6, 6.07) is 7.26. The molecule has 0 aliphatic heterocycles. The molecule has 0 aromatic heterocycles. The molecule has 6 heteroatoms. The maximum absolute atomic E-state index is 12.2. The van der Waals surface area contributed by atoms with Crippen LogP contribution in [0.5, 0.6) is 0 Å². The molecule has 1 aromatic rings. The van der Waals surface area contributed by atoms with Crippen molar-refractivity contribution in [2.24, 2.45) is 0 Å². The van der Waals surface area contributed by atoms with E-state index in [0.717, 1.165) is 24.8 Å². The van der Waals surface area contributed by atoms with Crippen LogP contribution in [0, 0.1) is 0 Å². The standard InChI is InChI=1S/C20H28N2O4/c1-19(2,3)15-9-7-14(8-10-15)17(24)21-13-16(23)22-20(18(25)26)11-5-4-6-12-20/h7-10H,4-6,11-13H2,1-3H3,(H,21,24)(H,22,23)(H,25,26). The highest BCUT2D eigenvalue weighted by Gasteiger charge is 2.40. The lowest BCUT2D eigenvalue weighted by Crippen LogP contribution is -2.57. The van der Waals surface area contributed by atoms with Crippen molar-refractivity contribution in [3.05, 3.63) is 35.4 Å². The van der Waals surface area contributed by atoms with E-state index < -0.39 is 17.4 Å². The van der Waals surface area contributed by atoms with E-state index >= 15 is 0 Å². The van der Waals surface area contributed by atoms with Crippen molar-refractivity contribution in [3.63, 3.8) is 0 Å². The van der Waals surface area contributed by atoms with E-state index in [1.807, 2.05) is 12.1 Å². The van der Waals surface area contributed by atoms with Gasteiger partial charge in [-0.15, -0.1) is 0 Å². The molecule has 0 atom stereocenters. The lowest BCUT2D eigenvalue weighted by Gasteiger charge is -2.33. The highest BCUT2D eigenvalue weighted by molar-refractivity contribution is 5.97. The van der Waals surface area contributed by atoms with E-state index in [-0.39, 0.29) is 17.9 Å². The van der Waals surface area contributed by atoms with Gasteiger partial charge in [-0.2, -0.15) is 0 Å². The zero-order valence-electron chi connectivity index (χ0n) is 15.7. The molecule has 1 saturated carbocycles. The lowest BCUT2D eigenvalue weighted by atomic mass is 9.81. The second-order valence-electron chi connectivity index (χ2n) is 8.01. The molecule has 26 heavy (non-hydrogen) atoms. The van der Waals surface area contributed by atoms with Gasteiger partial charge in [-0.25, -0.2) is 4.79 Å². The highest BCUT2D eigenvalue weighted by Crippen LogP contribution is 2.28. The largest absolute Gasteiger partial charge is 0.480 e. The van der Waals surface area contributed by atoms with Crippen LogP contribution >= 0.6 is 0 Å². The Kier molecular flexibility index (Phi) is 6.05. The number of hydrogen-bond acceptors (Lipinski definition) is 3. The van der Waals surface area contributed by atoms with E-state index in [9.17, 15) is 19.5 Å². The van der Waals surface area contributed by atoms with Gasteiger partial charge in [-0.05, 0) is 36.0 Å². The Hall–Kier alpha value is -2.37. The maximum Gasteiger partial charge on any atom is 0.329 e. The molecule has 6 nitrogen and oxygen atoms in total. The Morgan fingerprint density at radius 3 is 2.12 bits per heavy atom. The fourth-order valence-electron chi connectivity index (χ4n) is 3.24. The van der Waals surface area contributed by atoms with Crippen LogP contribution in [0.3, 0.4) is 0 Å². The minimum absolute atomic E-state index is 0.0000385. The van der Waals surface area contributed by atoms with Crippen molar-refractivity contribution in [1.82, 2.24) is 10.6 Å². The van der Waals surface area contributed by atoms with Gasteiger partial charge in [0.05, 0.1) is 6.54 Å². The predicted molar refractivity (Wildman–Crippen MR) is 99.1 cm³/mol. The van der Waals surface area contributed by atoms with Gasteiger partial charge in [-0.3, -0.25) is 9.59 Å². The fourth-order valence-corrected chi connectivity index (χ4v) is 3.24. The maximum atomic E-state index is 12.2. The first-order valence-electron chi connectivity index (χ1n) is 9.07. The number of carboxylic acids is 1. The van der Waals surface area contributed by atoms with Gasteiger partial charge in [0.1, 0.15) is 5.54 Å². The number of carboxylic acid groups (broad SMARTS) is 1. The number of rotatable bonds is 5. The Labute approximate surface area is 154 Å². The third-order valence-electron chi connectivity index (χ3n) is 4.92. The summed E-state index contributed by atoms with van der Waals surface area (Å²) in [4.78, 5) is 35.9. The van der Waals surface area contributed by atoms with Gasteiger partial charge in [0.2, 0.25) is 5.91 Å². The number of amides is 2. The van der Waals surface area contributed by atoms with Crippen LogP contribution in [0.15, 0.2) is 24.3 Å². The summed E-state index contributed by atoms with van der Waals surface area (Å²) in [5.74, 6) is -1.84. The quantitative estimate of drug-likeness (QED) is 0.752. The fraction of sp³-hybridized carbons (Fsp3) is 0.550. The number of hydrogen-bond donors (Lipinski definition) is 3. The van der Waals surface area contributed by atoms with Crippen molar-refractivity contribution in [2.75, 3.05) is 6.54 Å². The third kappa shape index (κ3) is 4.84. The molecule has 0 spiro atoms. The lowest BCUT2D eigenvalue weighted by molar-refractivity contribution is -0.149. The molecule has 1 aromatic carbocycles. The highest BCUT2D eigenvalue weighted by atomic mass is 16.4. The zero-order chi connectivity index (χ0) is 19.4. The first kappa shape index (κ1) is 19.9. The summed E-state index contributed by atoms with van der Waals surface area (Å²) in [5, 5.41) is 14.7. The summed E-state index contributed by atoms with van der Waals surface area (Å²) in [5.41, 5.74) is 0.387. The molecule has 0 bridgehead atoms. The molecule has 1 aliphatic carbocycles. The van der Waals surface area contributed by atoms with Crippen LogP contribution in [0.25, 0.3) is 0 Å². The smallest absolute Gasteiger partial charge is 0.329 e. The van der Waals surface area contributed by atoms with Gasteiger partial charge in [-0.1, -0.05) is 52.2 Å². The van der Waals surface area contributed by atoms with Crippen LogP contribution in [0.4, 0.5) is 0 Å². The topological polar surface area (TPSA) is 95.5 Å². The Morgan fingerprint density at radius 1 is 1.04 bits per heavy atom. The average molecular weight is 360 g/mol. The molecule has 0 heterocycles. The van der Waals surface area contributed by atoms with E-state index in [1.165, 1.54) is 0 Å². The first-order valence-corrected chi connectivity index (χ1v) is 9.07. The van der Waals surface area contributed by atoms with Crippen LogP contribution in [-0.4, -0.2) is 35.0 Å². The van der Waals surface area contributed by atoms with Gasteiger partial charge < -0.3 is 15.7 Å². The van der Waals surface area contributed by atoms with Crippen molar-refractivity contribution < 1.29 is 19.5 Å². The average Bonchev–Trinajstić information content (AvgIpc) is 2.59. The monoisotopic (exact) mass is 360 g/mol. The van der Waals surface area contributed by atoms with Crippen LogP contribution < -0.4 is 10.6 Å². The summed E-state index contributed by atoms with van der Waals surface area (Å²) >= 11 is 0. The summed E-state index contributed by atoms with van der Waals surface area (Å²) in [6.45, 7) is 6.04. The van der Waals surface area contributed by atoms with E-state index in [4.69, 9.17) is 0 Å². The van der Waals surface area contributed by atoms with Crippen LogP contribution in [-0.2, 0) is 15.0 Å². The Morgan fingerprint density at radius 2 is 1.62 bits per heavy atom. The molecule has 0 saturated heterocycles. The van der Waals surface area contributed by atoms with Crippen LogP contribution in [0.1, 0.15) is 68.8 Å². The molecule has 0 unspecified atom stereocenters. The van der Waals surface area contributed by atoms with Crippen molar-refractivity contribution in [3.8, 4) is 0 Å². The predicted octanol–water partition coefficient (Wildman–Crippen LogP) is 2.62. The molecule has 0 radical (unpaired) electrons. The molecule has 2 rings (SSSR count). The number of nitrogens with one attached hydrogen (secondary N) is 2. The molecule has 1 aliphatic rings. The van der Waals surface area contributed by atoms with Crippen molar-refractivity contribution >= 4 is 17.8 Å². The summed E-state index contributed by atoms with van der Waals surface area (Å²) in [6.07, 6.45) is 3.39. The molecule has 1 fully saturated rings. The molecule has 3 N–H and O–H groups in total. The number of aliphatic carboxylic acids is 1. The van der Waals surface area contributed by atoms with E-state index in [0.29, 0.717) is 18.4 Å². The van der Waals surface area contributed by atoms with Crippen molar-refractivity contribution in [1.29, 1.82) is 0 Å². The minimum atomic E-state index is -1.20. The molecule has 142 valence electrons. The second kappa shape index (κ2) is 7.89. The van der Waals surface area contributed by atoms with Gasteiger partial charge >= 0.3 is 5.97 Å². The van der Waals surface area contributed by atoms with E-state index in [1.54, 1.807) is 12.1 Å². The van der Waals surface area contributed by atoms with E-state index in [2.05, 4.69) is 31.4 Å². The first-order chi connectivity index (χ1) is 12.1. The number of carbonyl (C=O) groups excluding carboxylic acids is 2. The Bertz CT molecular complexity index is 668. The zero-order valence-corrected chi connectivity index (χ0v) is 15.7. The summed E-state index contributed by atoms with van der Waals surface area (Å²) < 4.78 is 0. The molecule has 2 amide bonds. The minimum Gasteiger partial charge on any atom is -0.480 e. The SMILES string of the molecule is CC(C)(C)c1ccc(C(=O)NCC(=O)NC2(C(=O)O)CCCCC2)cc1. The number of benzene rings is 1. The number of carbonyl (C=O) groups is 3. The van der Waals surface area contributed by atoms with Crippen molar-refractivity contribution in [2.45, 2.75) is 63.8 Å². The third-order valence-corrected chi connectivity index (χ3v) is 4.92. The van der Waals surface area contributed by atoms with Gasteiger partial charge in [0, 0.05) is 5.56 Å². The van der Waals surface area contributed by atoms with Gasteiger partial charge in [0.25, 0.3) is 5.91 Å². The molecular weight excluding hydrogens is 332 g/mol. The summed E-state index contributed by atoms with van der Waals surface area (Å²) in [7, 11) is 0.